The maximum atomic E-state index is 13.4. The molecule has 160 valence electrons. The van der Waals surface area contributed by atoms with Crippen molar-refractivity contribution in [2.24, 2.45) is 0 Å². The summed E-state index contributed by atoms with van der Waals surface area (Å²) in [6.45, 7) is 11.7. The van der Waals surface area contributed by atoms with Gasteiger partial charge < -0.3 is 14.5 Å². The lowest BCUT2D eigenvalue weighted by molar-refractivity contribution is -0.144. The van der Waals surface area contributed by atoms with E-state index in [1.54, 1.807) is 0 Å². The fraction of sp³-hybridized carbons (Fsp3) is 0.636. The largest absolute Gasteiger partial charge is 0.379 e. The Morgan fingerprint density at radius 3 is 2.10 bits per heavy atom. The first-order valence-electron chi connectivity index (χ1n) is 10.8. The second-order valence-electron chi connectivity index (χ2n) is 7.63. The molecule has 2 amide bonds. The van der Waals surface area contributed by atoms with Gasteiger partial charge in [-0.3, -0.25) is 19.4 Å². The molecule has 0 saturated carbocycles. The van der Waals surface area contributed by atoms with Crippen LogP contribution in [0.4, 0.5) is 0 Å². The third kappa shape index (κ3) is 5.56. The number of benzene rings is 1. The molecule has 1 aromatic rings. The molecule has 0 spiro atoms. The van der Waals surface area contributed by atoms with Crippen LogP contribution in [0.3, 0.4) is 0 Å². The number of likely N-dealkylation sites (N-methyl/N-ethyl adjacent to an activating group) is 1. The Morgan fingerprint density at radius 1 is 0.931 bits per heavy atom. The van der Waals surface area contributed by atoms with E-state index in [1.165, 1.54) is 0 Å². The summed E-state index contributed by atoms with van der Waals surface area (Å²) in [6.07, 6.45) is 0. The van der Waals surface area contributed by atoms with Gasteiger partial charge in [0.25, 0.3) is 0 Å². The van der Waals surface area contributed by atoms with E-state index in [0.29, 0.717) is 45.9 Å². The summed E-state index contributed by atoms with van der Waals surface area (Å²) >= 11 is 0. The fourth-order valence-corrected chi connectivity index (χ4v) is 4.13. The van der Waals surface area contributed by atoms with Crippen LogP contribution in [0.25, 0.3) is 0 Å². The highest BCUT2D eigenvalue weighted by Crippen LogP contribution is 2.23. The Labute approximate surface area is 174 Å². The molecule has 2 heterocycles. The first-order chi connectivity index (χ1) is 14.1. The van der Waals surface area contributed by atoms with Crippen molar-refractivity contribution in [3.05, 3.63) is 35.9 Å². The number of amides is 2. The van der Waals surface area contributed by atoms with Crippen LogP contribution in [0.2, 0.25) is 0 Å². The summed E-state index contributed by atoms with van der Waals surface area (Å²) in [5.74, 6) is 0.294. The van der Waals surface area contributed by atoms with E-state index in [1.807, 2.05) is 40.1 Å². The lowest BCUT2D eigenvalue weighted by Gasteiger charge is -2.39. The molecule has 0 aromatic heterocycles. The van der Waals surface area contributed by atoms with Gasteiger partial charge in [0.05, 0.1) is 19.8 Å². The lowest BCUT2D eigenvalue weighted by Crippen LogP contribution is -2.55. The Bertz CT molecular complexity index is 651. The average molecular weight is 403 g/mol. The van der Waals surface area contributed by atoms with Crippen molar-refractivity contribution in [1.82, 2.24) is 19.6 Å². The van der Waals surface area contributed by atoms with Gasteiger partial charge in [-0.05, 0) is 18.7 Å². The van der Waals surface area contributed by atoms with Gasteiger partial charge >= 0.3 is 0 Å². The number of nitrogens with zero attached hydrogens (tertiary/aromatic N) is 4. The number of ether oxygens (including phenoxy) is 1. The standard InChI is InChI=1S/C22H34N4O3/c1-3-24(4-2)21(19-8-6-5-7-9-19)22(28)26-12-10-25(11-13-26)20(27)18-23-14-16-29-17-15-23/h5-9,21H,3-4,10-18H2,1-2H3. The van der Waals surface area contributed by atoms with Crippen molar-refractivity contribution in [2.75, 3.05) is 72.1 Å². The zero-order valence-electron chi connectivity index (χ0n) is 17.8. The van der Waals surface area contributed by atoms with Crippen LogP contribution in [-0.4, -0.2) is 104 Å². The molecule has 2 fully saturated rings. The summed E-state index contributed by atoms with van der Waals surface area (Å²) in [7, 11) is 0. The van der Waals surface area contributed by atoms with Crippen molar-refractivity contribution in [2.45, 2.75) is 19.9 Å². The van der Waals surface area contributed by atoms with Gasteiger partial charge in [0.1, 0.15) is 6.04 Å². The van der Waals surface area contributed by atoms with E-state index in [0.717, 1.165) is 31.7 Å². The highest BCUT2D eigenvalue weighted by molar-refractivity contribution is 5.84. The number of carbonyl (C=O) groups excluding carboxylic acids is 2. The molecule has 2 aliphatic rings. The molecule has 0 radical (unpaired) electrons. The molecule has 1 aromatic carbocycles. The minimum Gasteiger partial charge on any atom is -0.379 e. The van der Waals surface area contributed by atoms with Crippen molar-refractivity contribution >= 4 is 11.8 Å². The third-order valence-corrected chi connectivity index (χ3v) is 5.93. The van der Waals surface area contributed by atoms with Gasteiger partial charge in [0.15, 0.2) is 0 Å². The minimum atomic E-state index is -0.262. The normalized spacial score (nSPS) is 19.4. The summed E-state index contributed by atoms with van der Waals surface area (Å²) < 4.78 is 5.35. The summed E-state index contributed by atoms with van der Waals surface area (Å²) in [6, 6.07) is 9.75. The first kappa shape index (κ1) is 21.7. The zero-order chi connectivity index (χ0) is 20.6. The van der Waals surface area contributed by atoms with Gasteiger partial charge in [0.2, 0.25) is 11.8 Å². The summed E-state index contributed by atoms with van der Waals surface area (Å²) in [4.78, 5) is 34.2. The van der Waals surface area contributed by atoms with Crippen molar-refractivity contribution in [3.63, 3.8) is 0 Å². The van der Waals surface area contributed by atoms with Crippen molar-refractivity contribution in [3.8, 4) is 0 Å². The molecular formula is C22H34N4O3. The van der Waals surface area contributed by atoms with Crippen LogP contribution in [-0.2, 0) is 14.3 Å². The Kier molecular flexibility index (Phi) is 8.03. The fourth-order valence-electron chi connectivity index (χ4n) is 4.13. The highest BCUT2D eigenvalue weighted by Gasteiger charge is 2.32. The summed E-state index contributed by atoms with van der Waals surface area (Å²) in [5, 5.41) is 0. The van der Waals surface area contributed by atoms with Crippen LogP contribution in [0, 0.1) is 0 Å². The van der Waals surface area contributed by atoms with Gasteiger partial charge in [-0.25, -0.2) is 0 Å². The number of hydrogen-bond donors (Lipinski definition) is 0. The monoisotopic (exact) mass is 402 g/mol. The lowest BCUT2D eigenvalue weighted by atomic mass is 10.0. The topological polar surface area (TPSA) is 56.3 Å². The van der Waals surface area contributed by atoms with Gasteiger partial charge in [-0.1, -0.05) is 44.2 Å². The van der Waals surface area contributed by atoms with Crippen molar-refractivity contribution in [1.29, 1.82) is 0 Å². The van der Waals surface area contributed by atoms with E-state index in [-0.39, 0.29) is 17.9 Å². The average Bonchev–Trinajstić information content (AvgIpc) is 2.78. The molecule has 7 heteroatoms. The summed E-state index contributed by atoms with van der Waals surface area (Å²) in [5.41, 5.74) is 1.03. The van der Waals surface area contributed by atoms with Gasteiger partial charge in [0, 0.05) is 39.3 Å². The maximum absolute atomic E-state index is 13.4. The Balaban J connectivity index is 1.59. The quantitative estimate of drug-likeness (QED) is 0.683. The molecule has 2 aliphatic heterocycles. The van der Waals surface area contributed by atoms with Gasteiger partial charge in [-0.15, -0.1) is 0 Å². The molecule has 3 rings (SSSR count). The number of hydrogen-bond acceptors (Lipinski definition) is 5. The first-order valence-corrected chi connectivity index (χ1v) is 10.8. The van der Waals surface area contributed by atoms with E-state index in [2.05, 4.69) is 23.6 Å². The van der Waals surface area contributed by atoms with Crippen LogP contribution >= 0.6 is 0 Å². The molecule has 0 aliphatic carbocycles. The van der Waals surface area contributed by atoms with Crippen LogP contribution in [0.1, 0.15) is 25.5 Å². The molecule has 1 atom stereocenters. The number of carbonyl (C=O) groups is 2. The molecule has 29 heavy (non-hydrogen) atoms. The van der Waals surface area contributed by atoms with Crippen molar-refractivity contribution < 1.29 is 14.3 Å². The van der Waals surface area contributed by atoms with Gasteiger partial charge in [-0.2, -0.15) is 0 Å². The predicted molar refractivity (Wildman–Crippen MR) is 113 cm³/mol. The Morgan fingerprint density at radius 2 is 1.52 bits per heavy atom. The molecule has 0 N–H and O–H groups in total. The second-order valence-corrected chi connectivity index (χ2v) is 7.63. The van der Waals surface area contributed by atoms with Crippen LogP contribution < -0.4 is 0 Å². The highest BCUT2D eigenvalue weighted by atomic mass is 16.5. The molecule has 2 saturated heterocycles. The van der Waals surface area contributed by atoms with E-state index < -0.39 is 0 Å². The minimum absolute atomic E-state index is 0.139. The smallest absolute Gasteiger partial charge is 0.244 e. The second kappa shape index (κ2) is 10.7. The van der Waals surface area contributed by atoms with E-state index in [4.69, 9.17) is 4.74 Å². The van der Waals surface area contributed by atoms with E-state index >= 15 is 0 Å². The molecular weight excluding hydrogens is 368 g/mol. The molecule has 1 unspecified atom stereocenters. The zero-order valence-corrected chi connectivity index (χ0v) is 17.8. The number of rotatable bonds is 7. The van der Waals surface area contributed by atoms with E-state index in [9.17, 15) is 9.59 Å². The number of piperazine rings is 1. The SMILES string of the molecule is CCN(CC)C(C(=O)N1CCN(C(=O)CN2CCOCC2)CC1)c1ccccc1. The van der Waals surface area contributed by atoms with Crippen LogP contribution in [0.5, 0.6) is 0 Å². The van der Waals surface area contributed by atoms with Crippen LogP contribution in [0.15, 0.2) is 30.3 Å². The molecule has 7 nitrogen and oxygen atoms in total. The maximum Gasteiger partial charge on any atom is 0.244 e. The Hall–Kier alpha value is -1.96. The molecule has 0 bridgehead atoms. The number of morpholine rings is 1. The predicted octanol–water partition coefficient (Wildman–Crippen LogP) is 1.07. The third-order valence-electron chi connectivity index (χ3n) is 5.93.